The van der Waals surface area contributed by atoms with Crippen LogP contribution in [0.25, 0.3) is 0 Å². The summed E-state index contributed by atoms with van der Waals surface area (Å²) in [6, 6.07) is 0. The standard InChI is InChI=1S/C7H12O2.CH2O2/c1-2-3-6-4-5-7(8)9-6;2-1-3/h6H,2-5H2,1H3;1H,(H,2,3). The number of cyclic esters (lactones) is 1. The minimum absolute atomic E-state index is 0.0200. The molecule has 1 aliphatic rings. The van der Waals surface area contributed by atoms with Crippen molar-refractivity contribution in [2.45, 2.75) is 38.7 Å². The van der Waals surface area contributed by atoms with Gasteiger partial charge >= 0.3 is 5.97 Å². The summed E-state index contributed by atoms with van der Waals surface area (Å²) in [5.41, 5.74) is 0. The molecule has 1 heterocycles. The molecule has 1 unspecified atom stereocenters. The van der Waals surface area contributed by atoms with E-state index >= 15 is 0 Å². The first-order valence-corrected chi connectivity index (χ1v) is 4.02. The van der Waals surface area contributed by atoms with Crippen LogP contribution in [0.2, 0.25) is 0 Å². The number of carbonyl (C=O) groups is 2. The highest BCUT2D eigenvalue weighted by atomic mass is 16.5. The van der Waals surface area contributed by atoms with E-state index in [9.17, 15) is 4.79 Å². The third-order valence-corrected chi connectivity index (χ3v) is 1.58. The average Bonchev–Trinajstić information content (AvgIpc) is 2.38. The molecule has 0 radical (unpaired) electrons. The molecule has 0 aromatic carbocycles. The van der Waals surface area contributed by atoms with Crippen molar-refractivity contribution < 1.29 is 19.4 Å². The molecule has 1 aliphatic heterocycles. The molecule has 0 spiro atoms. The van der Waals surface area contributed by atoms with Gasteiger partial charge in [-0.2, -0.15) is 0 Å². The van der Waals surface area contributed by atoms with E-state index in [1.54, 1.807) is 0 Å². The molecule has 12 heavy (non-hydrogen) atoms. The molecule has 0 bridgehead atoms. The molecule has 0 amide bonds. The number of ether oxygens (including phenoxy) is 1. The lowest BCUT2D eigenvalue weighted by Crippen LogP contribution is -2.05. The van der Waals surface area contributed by atoms with Gasteiger partial charge in [-0.05, 0) is 12.8 Å². The number of hydrogen-bond acceptors (Lipinski definition) is 3. The first-order chi connectivity index (χ1) is 5.74. The molecule has 4 heteroatoms. The second-order valence-corrected chi connectivity index (χ2v) is 2.54. The predicted molar refractivity (Wildman–Crippen MR) is 42.7 cm³/mol. The van der Waals surface area contributed by atoms with Crippen LogP contribution in [0.5, 0.6) is 0 Å². The molecule has 0 aromatic heterocycles. The van der Waals surface area contributed by atoms with E-state index in [-0.39, 0.29) is 18.5 Å². The summed E-state index contributed by atoms with van der Waals surface area (Å²) in [4.78, 5) is 18.9. The third-order valence-electron chi connectivity index (χ3n) is 1.58. The maximum Gasteiger partial charge on any atom is 0.306 e. The number of carboxylic acid groups (broad SMARTS) is 1. The summed E-state index contributed by atoms with van der Waals surface area (Å²) < 4.78 is 4.96. The van der Waals surface area contributed by atoms with Crippen LogP contribution < -0.4 is 0 Å². The van der Waals surface area contributed by atoms with Crippen LogP contribution in [0.1, 0.15) is 32.6 Å². The van der Waals surface area contributed by atoms with Crippen molar-refractivity contribution in [3.8, 4) is 0 Å². The summed E-state index contributed by atoms with van der Waals surface area (Å²) in [6.07, 6.45) is 3.95. The summed E-state index contributed by atoms with van der Waals surface area (Å²) in [7, 11) is 0. The third kappa shape index (κ3) is 4.71. The summed E-state index contributed by atoms with van der Waals surface area (Å²) in [5.74, 6) is -0.0200. The van der Waals surface area contributed by atoms with E-state index in [1.807, 2.05) is 0 Å². The molecule has 1 atom stereocenters. The van der Waals surface area contributed by atoms with Gasteiger partial charge in [0.15, 0.2) is 0 Å². The predicted octanol–water partition coefficient (Wildman–Crippen LogP) is 1.19. The molecule has 1 N–H and O–H groups in total. The summed E-state index contributed by atoms with van der Waals surface area (Å²) in [5, 5.41) is 6.89. The fraction of sp³-hybridized carbons (Fsp3) is 0.750. The van der Waals surface area contributed by atoms with Crippen molar-refractivity contribution in [2.75, 3.05) is 0 Å². The van der Waals surface area contributed by atoms with Crippen molar-refractivity contribution in [3.05, 3.63) is 0 Å². The number of carbonyl (C=O) groups excluding carboxylic acids is 1. The maximum atomic E-state index is 10.5. The van der Waals surface area contributed by atoms with Crippen LogP contribution in [0.15, 0.2) is 0 Å². The van der Waals surface area contributed by atoms with Crippen LogP contribution in [-0.4, -0.2) is 23.7 Å². The van der Waals surface area contributed by atoms with Crippen LogP contribution >= 0.6 is 0 Å². The minimum Gasteiger partial charge on any atom is -0.483 e. The monoisotopic (exact) mass is 174 g/mol. The molecular weight excluding hydrogens is 160 g/mol. The van der Waals surface area contributed by atoms with Crippen molar-refractivity contribution >= 4 is 12.4 Å². The van der Waals surface area contributed by atoms with E-state index in [1.165, 1.54) is 0 Å². The molecule has 0 aromatic rings. The zero-order valence-electron chi connectivity index (χ0n) is 7.16. The van der Waals surface area contributed by atoms with Gasteiger partial charge in [0, 0.05) is 6.42 Å². The largest absolute Gasteiger partial charge is 0.483 e. The number of esters is 1. The Kier molecular flexibility index (Phi) is 6.05. The molecule has 0 aliphatic carbocycles. The van der Waals surface area contributed by atoms with E-state index in [0.717, 1.165) is 19.3 Å². The van der Waals surface area contributed by atoms with Gasteiger partial charge in [-0.1, -0.05) is 13.3 Å². The van der Waals surface area contributed by atoms with Crippen LogP contribution in [0.4, 0.5) is 0 Å². The molecule has 1 rings (SSSR count). The lowest BCUT2D eigenvalue weighted by atomic mass is 10.1. The maximum absolute atomic E-state index is 10.5. The van der Waals surface area contributed by atoms with E-state index < -0.39 is 0 Å². The number of rotatable bonds is 2. The molecule has 0 saturated carbocycles. The van der Waals surface area contributed by atoms with Gasteiger partial charge in [0.1, 0.15) is 6.10 Å². The van der Waals surface area contributed by atoms with Crippen LogP contribution in [-0.2, 0) is 14.3 Å². The van der Waals surface area contributed by atoms with Crippen molar-refractivity contribution in [3.63, 3.8) is 0 Å². The lowest BCUT2D eigenvalue weighted by Gasteiger charge is -2.04. The number of hydrogen-bond donors (Lipinski definition) is 1. The Labute approximate surface area is 71.5 Å². The first kappa shape index (κ1) is 10.9. The van der Waals surface area contributed by atoms with E-state index in [2.05, 4.69) is 6.92 Å². The summed E-state index contributed by atoms with van der Waals surface area (Å²) in [6.45, 7) is 1.85. The highest BCUT2D eigenvalue weighted by molar-refractivity contribution is 5.71. The zero-order valence-corrected chi connectivity index (χ0v) is 7.16. The molecule has 1 saturated heterocycles. The Balaban J connectivity index is 0.000000354. The molecule has 4 nitrogen and oxygen atoms in total. The Morgan fingerprint density at radius 1 is 1.75 bits per heavy atom. The normalized spacial score (nSPS) is 20.8. The van der Waals surface area contributed by atoms with Gasteiger partial charge < -0.3 is 9.84 Å². The van der Waals surface area contributed by atoms with Crippen LogP contribution in [0, 0.1) is 0 Å². The smallest absolute Gasteiger partial charge is 0.306 e. The Morgan fingerprint density at radius 3 is 2.67 bits per heavy atom. The fourth-order valence-electron chi connectivity index (χ4n) is 1.11. The van der Waals surface area contributed by atoms with Gasteiger partial charge in [-0.3, -0.25) is 9.59 Å². The first-order valence-electron chi connectivity index (χ1n) is 4.02. The highest BCUT2D eigenvalue weighted by Gasteiger charge is 2.21. The Morgan fingerprint density at radius 2 is 2.33 bits per heavy atom. The van der Waals surface area contributed by atoms with Gasteiger partial charge in [-0.25, -0.2) is 0 Å². The quantitative estimate of drug-likeness (QED) is 0.504. The Hall–Kier alpha value is -1.06. The lowest BCUT2D eigenvalue weighted by molar-refractivity contribution is -0.141. The second-order valence-electron chi connectivity index (χ2n) is 2.54. The van der Waals surface area contributed by atoms with Crippen LogP contribution in [0.3, 0.4) is 0 Å². The molecule has 70 valence electrons. The Bertz CT molecular complexity index is 144. The zero-order chi connectivity index (χ0) is 9.40. The second kappa shape index (κ2) is 6.64. The van der Waals surface area contributed by atoms with Crippen molar-refractivity contribution in [1.29, 1.82) is 0 Å². The van der Waals surface area contributed by atoms with Gasteiger partial charge in [0.25, 0.3) is 6.47 Å². The average molecular weight is 174 g/mol. The van der Waals surface area contributed by atoms with Gasteiger partial charge in [0.05, 0.1) is 0 Å². The highest BCUT2D eigenvalue weighted by Crippen LogP contribution is 2.17. The minimum atomic E-state index is -0.250. The topological polar surface area (TPSA) is 63.6 Å². The van der Waals surface area contributed by atoms with E-state index in [0.29, 0.717) is 6.42 Å². The molecule has 1 fully saturated rings. The summed E-state index contributed by atoms with van der Waals surface area (Å²) >= 11 is 0. The SMILES string of the molecule is CCCC1CCC(=O)O1.O=CO. The van der Waals surface area contributed by atoms with Crippen molar-refractivity contribution in [2.24, 2.45) is 0 Å². The fourth-order valence-corrected chi connectivity index (χ4v) is 1.11. The molecular formula is C8H14O4. The van der Waals surface area contributed by atoms with Gasteiger partial charge in [0.2, 0.25) is 0 Å². The van der Waals surface area contributed by atoms with Gasteiger partial charge in [-0.15, -0.1) is 0 Å². The van der Waals surface area contributed by atoms with Crippen molar-refractivity contribution in [1.82, 2.24) is 0 Å². The van der Waals surface area contributed by atoms with E-state index in [4.69, 9.17) is 14.6 Å².